The van der Waals surface area contributed by atoms with Crippen molar-refractivity contribution in [2.45, 2.75) is 25.7 Å². The monoisotopic (exact) mass is 328 g/mol. The van der Waals surface area contributed by atoms with E-state index in [1.165, 1.54) is 0 Å². The number of aromatic nitrogens is 2. The standard InChI is InChI=1S/C17H20N4O3/c18-16(23)13-9-10-21(11-13)15(22)8-4-7-14-19-20-17(24-14)12-5-2-1-3-6-12/h1-3,5-6,13H,4,7-11H2,(H2,18,23)/t13-/m0/s1. The van der Waals surface area contributed by atoms with Gasteiger partial charge < -0.3 is 15.1 Å². The quantitative estimate of drug-likeness (QED) is 0.863. The van der Waals surface area contributed by atoms with Gasteiger partial charge in [-0.2, -0.15) is 0 Å². The number of primary amides is 1. The Labute approximate surface area is 139 Å². The van der Waals surface area contributed by atoms with Gasteiger partial charge in [0, 0.05) is 31.5 Å². The normalized spacial score (nSPS) is 17.2. The minimum Gasteiger partial charge on any atom is -0.421 e. The number of hydrogen-bond acceptors (Lipinski definition) is 5. The van der Waals surface area contributed by atoms with E-state index in [9.17, 15) is 9.59 Å². The topological polar surface area (TPSA) is 102 Å². The van der Waals surface area contributed by atoms with Crippen LogP contribution in [0.3, 0.4) is 0 Å². The summed E-state index contributed by atoms with van der Waals surface area (Å²) in [6, 6.07) is 9.56. The average Bonchev–Trinajstić information content (AvgIpc) is 3.25. The number of nitrogens with zero attached hydrogens (tertiary/aromatic N) is 3. The molecule has 3 rings (SSSR count). The summed E-state index contributed by atoms with van der Waals surface area (Å²) < 4.78 is 5.62. The molecule has 0 radical (unpaired) electrons. The van der Waals surface area contributed by atoms with E-state index in [1.54, 1.807) is 4.90 Å². The highest BCUT2D eigenvalue weighted by molar-refractivity contribution is 5.81. The van der Waals surface area contributed by atoms with Gasteiger partial charge in [-0.15, -0.1) is 10.2 Å². The minimum absolute atomic E-state index is 0.0431. The summed E-state index contributed by atoms with van der Waals surface area (Å²) in [6.45, 7) is 1.04. The highest BCUT2D eigenvalue weighted by Gasteiger charge is 2.29. The third-order valence-electron chi connectivity index (χ3n) is 4.21. The molecule has 1 aromatic heterocycles. The smallest absolute Gasteiger partial charge is 0.247 e. The van der Waals surface area contributed by atoms with Gasteiger partial charge in [-0.05, 0) is 25.0 Å². The molecule has 1 atom stereocenters. The van der Waals surface area contributed by atoms with E-state index in [0.29, 0.717) is 50.6 Å². The average molecular weight is 328 g/mol. The van der Waals surface area contributed by atoms with Crippen molar-refractivity contribution in [3.05, 3.63) is 36.2 Å². The molecule has 1 fully saturated rings. The highest BCUT2D eigenvalue weighted by Crippen LogP contribution is 2.19. The maximum Gasteiger partial charge on any atom is 0.247 e. The number of rotatable bonds is 6. The van der Waals surface area contributed by atoms with Crippen molar-refractivity contribution in [3.8, 4) is 11.5 Å². The molecule has 2 aromatic rings. The largest absolute Gasteiger partial charge is 0.421 e. The third kappa shape index (κ3) is 3.79. The molecule has 0 bridgehead atoms. The molecule has 2 heterocycles. The second-order valence-electron chi connectivity index (χ2n) is 5.95. The number of carbonyl (C=O) groups excluding carboxylic acids is 2. The van der Waals surface area contributed by atoms with Crippen LogP contribution in [-0.4, -0.2) is 40.0 Å². The van der Waals surface area contributed by atoms with Crippen LogP contribution in [0.15, 0.2) is 34.7 Å². The van der Waals surface area contributed by atoms with Crippen molar-refractivity contribution < 1.29 is 14.0 Å². The van der Waals surface area contributed by atoms with Crippen LogP contribution >= 0.6 is 0 Å². The van der Waals surface area contributed by atoms with Crippen LogP contribution in [-0.2, 0) is 16.0 Å². The van der Waals surface area contributed by atoms with Crippen molar-refractivity contribution in [2.24, 2.45) is 11.7 Å². The number of aryl methyl sites for hydroxylation is 1. The second-order valence-corrected chi connectivity index (χ2v) is 5.95. The van der Waals surface area contributed by atoms with Crippen molar-refractivity contribution >= 4 is 11.8 Å². The summed E-state index contributed by atoms with van der Waals surface area (Å²) in [5.74, 6) is 0.517. The first-order chi connectivity index (χ1) is 11.6. The molecule has 7 nitrogen and oxygen atoms in total. The lowest BCUT2D eigenvalue weighted by Gasteiger charge is -2.15. The van der Waals surface area contributed by atoms with Crippen LogP contribution < -0.4 is 5.73 Å². The number of benzene rings is 1. The van der Waals surface area contributed by atoms with Gasteiger partial charge in [0.25, 0.3) is 0 Å². The number of carbonyl (C=O) groups is 2. The Kier molecular flexibility index (Phi) is 4.88. The maximum absolute atomic E-state index is 12.1. The van der Waals surface area contributed by atoms with Crippen molar-refractivity contribution in [1.82, 2.24) is 15.1 Å². The van der Waals surface area contributed by atoms with Gasteiger partial charge in [0.1, 0.15) is 0 Å². The van der Waals surface area contributed by atoms with Gasteiger partial charge in [-0.3, -0.25) is 9.59 Å². The Balaban J connectivity index is 1.46. The number of nitrogens with two attached hydrogens (primary N) is 1. The molecular weight excluding hydrogens is 308 g/mol. The number of likely N-dealkylation sites (tertiary alicyclic amines) is 1. The van der Waals surface area contributed by atoms with Gasteiger partial charge in [-0.1, -0.05) is 18.2 Å². The number of amides is 2. The Hall–Kier alpha value is -2.70. The van der Waals surface area contributed by atoms with Crippen LogP contribution in [0.4, 0.5) is 0 Å². The van der Waals surface area contributed by atoms with Gasteiger partial charge >= 0.3 is 0 Å². The summed E-state index contributed by atoms with van der Waals surface area (Å²) >= 11 is 0. The maximum atomic E-state index is 12.1. The predicted molar refractivity (Wildman–Crippen MR) is 86.6 cm³/mol. The highest BCUT2D eigenvalue weighted by atomic mass is 16.4. The lowest BCUT2D eigenvalue weighted by Crippen LogP contribution is -2.31. The molecule has 1 aliphatic rings. The van der Waals surface area contributed by atoms with Crippen LogP contribution in [0.2, 0.25) is 0 Å². The van der Waals surface area contributed by atoms with Gasteiger partial charge in [0.05, 0.1) is 5.92 Å². The Morgan fingerprint density at radius 1 is 1.25 bits per heavy atom. The van der Waals surface area contributed by atoms with Gasteiger partial charge in [0.15, 0.2) is 0 Å². The van der Waals surface area contributed by atoms with E-state index in [1.807, 2.05) is 30.3 Å². The van der Waals surface area contributed by atoms with Gasteiger partial charge in [0.2, 0.25) is 23.6 Å². The molecule has 24 heavy (non-hydrogen) atoms. The molecule has 2 N–H and O–H groups in total. The molecule has 1 aromatic carbocycles. The lowest BCUT2D eigenvalue weighted by atomic mass is 10.1. The van der Waals surface area contributed by atoms with Crippen LogP contribution in [0.25, 0.3) is 11.5 Å². The van der Waals surface area contributed by atoms with Crippen molar-refractivity contribution in [1.29, 1.82) is 0 Å². The van der Waals surface area contributed by atoms with E-state index >= 15 is 0 Å². The molecule has 7 heteroatoms. The molecule has 1 aliphatic heterocycles. The second kappa shape index (κ2) is 7.25. The third-order valence-corrected chi connectivity index (χ3v) is 4.21. The predicted octanol–water partition coefficient (Wildman–Crippen LogP) is 1.39. The fraction of sp³-hybridized carbons (Fsp3) is 0.412. The zero-order chi connectivity index (χ0) is 16.9. The van der Waals surface area contributed by atoms with Crippen molar-refractivity contribution in [3.63, 3.8) is 0 Å². The first-order valence-electron chi connectivity index (χ1n) is 8.08. The fourth-order valence-corrected chi connectivity index (χ4v) is 2.82. The van der Waals surface area contributed by atoms with Crippen LogP contribution in [0.5, 0.6) is 0 Å². The van der Waals surface area contributed by atoms with E-state index in [2.05, 4.69) is 10.2 Å². The summed E-state index contributed by atoms with van der Waals surface area (Å²) in [7, 11) is 0. The van der Waals surface area contributed by atoms with Crippen LogP contribution in [0, 0.1) is 5.92 Å². The Morgan fingerprint density at radius 3 is 2.75 bits per heavy atom. The SMILES string of the molecule is NC(=O)[C@H]1CCN(C(=O)CCCc2nnc(-c3ccccc3)o2)C1. The number of hydrogen-bond donors (Lipinski definition) is 1. The zero-order valence-electron chi connectivity index (χ0n) is 13.4. The lowest BCUT2D eigenvalue weighted by molar-refractivity contribution is -0.130. The van der Waals surface area contributed by atoms with E-state index in [4.69, 9.17) is 10.2 Å². The Morgan fingerprint density at radius 2 is 2.04 bits per heavy atom. The first kappa shape index (κ1) is 16.2. The fourth-order valence-electron chi connectivity index (χ4n) is 2.82. The first-order valence-corrected chi connectivity index (χ1v) is 8.08. The van der Waals surface area contributed by atoms with Crippen LogP contribution in [0.1, 0.15) is 25.2 Å². The molecule has 2 amide bonds. The zero-order valence-corrected chi connectivity index (χ0v) is 13.4. The van der Waals surface area contributed by atoms with Gasteiger partial charge in [-0.25, -0.2) is 0 Å². The van der Waals surface area contributed by atoms with Crippen molar-refractivity contribution in [2.75, 3.05) is 13.1 Å². The molecular formula is C17H20N4O3. The molecule has 1 saturated heterocycles. The summed E-state index contributed by atoms with van der Waals surface area (Å²) in [5, 5.41) is 8.05. The summed E-state index contributed by atoms with van der Waals surface area (Å²) in [6.07, 6.45) is 2.24. The van der Waals surface area contributed by atoms with E-state index in [0.717, 1.165) is 5.56 Å². The molecule has 126 valence electrons. The summed E-state index contributed by atoms with van der Waals surface area (Å²) in [5.41, 5.74) is 6.16. The molecule has 0 spiro atoms. The molecule has 0 aliphatic carbocycles. The minimum atomic E-state index is -0.329. The molecule has 0 unspecified atom stereocenters. The summed E-state index contributed by atoms with van der Waals surface area (Å²) in [4.78, 5) is 25.0. The Bertz CT molecular complexity index is 714. The van der Waals surface area contributed by atoms with E-state index in [-0.39, 0.29) is 17.7 Å². The molecule has 0 saturated carbocycles. The van der Waals surface area contributed by atoms with E-state index < -0.39 is 0 Å².